The molecule has 2 aliphatic rings. The maximum absolute atomic E-state index is 5.75. The Morgan fingerprint density at radius 3 is 2.65 bits per heavy atom. The molecule has 2 unspecified atom stereocenters. The first-order valence-corrected chi connectivity index (χ1v) is 7.21. The topological polar surface area (TPSA) is 9.23 Å². The number of ether oxygens (including phenoxy) is 1. The highest BCUT2D eigenvalue weighted by Crippen LogP contribution is 2.37. The summed E-state index contributed by atoms with van der Waals surface area (Å²) in [5.41, 5.74) is 3.18. The minimum Gasteiger partial charge on any atom is -0.376 e. The van der Waals surface area contributed by atoms with Gasteiger partial charge in [0.15, 0.2) is 0 Å². The quantitative estimate of drug-likeness (QED) is 0.681. The van der Waals surface area contributed by atoms with E-state index < -0.39 is 0 Å². The molecule has 0 bridgehead atoms. The standard InChI is InChI=1S/C14H22O.C2H6/c1-4-11-6-5-7-12-13(10(2)3)8-15-9-14(11)12;1-2/h5,7,10-11,13H,4,6,8-9H2,1-3H3;1-2H3. The molecule has 0 aromatic heterocycles. The summed E-state index contributed by atoms with van der Waals surface area (Å²) in [6, 6.07) is 0. The minimum absolute atomic E-state index is 0.624. The Morgan fingerprint density at radius 1 is 1.35 bits per heavy atom. The molecule has 2 rings (SSSR count). The van der Waals surface area contributed by atoms with Gasteiger partial charge >= 0.3 is 0 Å². The van der Waals surface area contributed by atoms with E-state index in [1.165, 1.54) is 12.8 Å². The van der Waals surface area contributed by atoms with E-state index in [9.17, 15) is 0 Å². The van der Waals surface area contributed by atoms with Gasteiger partial charge < -0.3 is 4.74 Å². The van der Waals surface area contributed by atoms with Gasteiger partial charge in [-0.25, -0.2) is 0 Å². The van der Waals surface area contributed by atoms with Crippen LogP contribution in [0.3, 0.4) is 0 Å². The lowest BCUT2D eigenvalue weighted by Crippen LogP contribution is -2.29. The van der Waals surface area contributed by atoms with E-state index in [0.29, 0.717) is 11.8 Å². The summed E-state index contributed by atoms with van der Waals surface area (Å²) in [6.07, 6.45) is 7.17. The third-order valence-electron chi connectivity index (χ3n) is 3.83. The van der Waals surface area contributed by atoms with Crippen LogP contribution in [0.1, 0.15) is 47.5 Å². The molecule has 0 aromatic rings. The molecule has 0 fully saturated rings. The van der Waals surface area contributed by atoms with Crippen LogP contribution in [0.25, 0.3) is 0 Å². The minimum atomic E-state index is 0.624. The molecule has 0 aromatic carbocycles. The summed E-state index contributed by atoms with van der Waals surface area (Å²) < 4.78 is 5.75. The van der Waals surface area contributed by atoms with Crippen molar-refractivity contribution in [3.05, 3.63) is 23.3 Å². The average Bonchev–Trinajstić information content (AvgIpc) is 2.39. The number of hydrogen-bond acceptors (Lipinski definition) is 1. The second-order valence-electron chi connectivity index (χ2n) is 5.09. The molecule has 1 aliphatic carbocycles. The van der Waals surface area contributed by atoms with Gasteiger partial charge in [0.1, 0.15) is 0 Å². The molecule has 98 valence electrons. The monoisotopic (exact) mass is 236 g/mol. The van der Waals surface area contributed by atoms with Crippen LogP contribution in [0.5, 0.6) is 0 Å². The van der Waals surface area contributed by atoms with Crippen LogP contribution in [-0.4, -0.2) is 13.2 Å². The first kappa shape index (κ1) is 14.5. The van der Waals surface area contributed by atoms with E-state index >= 15 is 0 Å². The van der Waals surface area contributed by atoms with Crippen LogP contribution in [0.2, 0.25) is 0 Å². The molecular formula is C16H28O. The largest absolute Gasteiger partial charge is 0.376 e. The number of allylic oxidation sites excluding steroid dienone is 2. The lowest BCUT2D eigenvalue weighted by molar-refractivity contribution is 0.0897. The van der Waals surface area contributed by atoms with Gasteiger partial charge in [0.05, 0.1) is 13.2 Å². The Kier molecular flexibility index (Phi) is 5.97. The molecular weight excluding hydrogens is 208 g/mol. The second-order valence-corrected chi connectivity index (χ2v) is 5.09. The molecule has 0 spiro atoms. The zero-order chi connectivity index (χ0) is 12.8. The third kappa shape index (κ3) is 3.22. The van der Waals surface area contributed by atoms with E-state index in [0.717, 1.165) is 19.1 Å². The summed E-state index contributed by atoms with van der Waals surface area (Å²) in [5, 5.41) is 0. The zero-order valence-corrected chi connectivity index (χ0v) is 12.1. The fourth-order valence-electron chi connectivity index (χ4n) is 2.76. The SMILES string of the molecule is CC.CCC1CC=CC2=C1COCC2C(C)C. The smallest absolute Gasteiger partial charge is 0.0685 e. The van der Waals surface area contributed by atoms with Crippen LogP contribution in [0, 0.1) is 17.8 Å². The van der Waals surface area contributed by atoms with Gasteiger partial charge in [-0.05, 0) is 35.8 Å². The fourth-order valence-corrected chi connectivity index (χ4v) is 2.76. The molecule has 0 N–H and O–H groups in total. The van der Waals surface area contributed by atoms with Crippen molar-refractivity contribution in [3.63, 3.8) is 0 Å². The number of hydrogen-bond donors (Lipinski definition) is 0. The normalized spacial score (nSPS) is 27.6. The molecule has 1 heteroatoms. The summed E-state index contributed by atoms with van der Waals surface area (Å²) >= 11 is 0. The van der Waals surface area contributed by atoms with Crippen molar-refractivity contribution >= 4 is 0 Å². The molecule has 1 heterocycles. The Bertz CT molecular complexity index is 286. The van der Waals surface area contributed by atoms with Crippen molar-refractivity contribution in [2.24, 2.45) is 17.8 Å². The van der Waals surface area contributed by atoms with E-state index in [4.69, 9.17) is 4.74 Å². The number of rotatable bonds is 2. The van der Waals surface area contributed by atoms with Crippen molar-refractivity contribution in [1.29, 1.82) is 0 Å². The molecule has 0 saturated heterocycles. The van der Waals surface area contributed by atoms with Crippen LogP contribution >= 0.6 is 0 Å². The van der Waals surface area contributed by atoms with Gasteiger partial charge in [-0.15, -0.1) is 0 Å². The van der Waals surface area contributed by atoms with E-state index in [1.807, 2.05) is 13.8 Å². The fraction of sp³-hybridized carbons (Fsp3) is 0.750. The summed E-state index contributed by atoms with van der Waals surface area (Å²) in [6.45, 7) is 12.7. The lowest BCUT2D eigenvalue weighted by Gasteiger charge is -2.35. The van der Waals surface area contributed by atoms with Crippen molar-refractivity contribution in [2.75, 3.05) is 13.2 Å². The van der Waals surface area contributed by atoms with Gasteiger partial charge in [0.2, 0.25) is 0 Å². The lowest BCUT2D eigenvalue weighted by atomic mass is 9.76. The first-order valence-electron chi connectivity index (χ1n) is 7.21. The average molecular weight is 236 g/mol. The molecule has 1 nitrogen and oxygen atoms in total. The van der Waals surface area contributed by atoms with E-state index in [1.54, 1.807) is 11.1 Å². The molecule has 17 heavy (non-hydrogen) atoms. The van der Waals surface area contributed by atoms with E-state index in [2.05, 4.69) is 32.9 Å². The van der Waals surface area contributed by atoms with Crippen LogP contribution in [-0.2, 0) is 4.74 Å². The van der Waals surface area contributed by atoms with Crippen molar-refractivity contribution in [2.45, 2.75) is 47.5 Å². The van der Waals surface area contributed by atoms with Crippen LogP contribution < -0.4 is 0 Å². The van der Waals surface area contributed by atoms with E-state index in [-0.39, 0.29) is 0 Å². The predicted molar refractivity (Wildman–Crippen MR) is 75.1 cm³/mol. The highest BCUT2D eigenvalue weighted by Gasteiger charge is 2.29. The molecule has 2 atom stereocenters. The summed E-state index contributed by atoms with van der Waals surface area (Å²) in [5.74, 6) is 2.06. The van der Waals surface area contributed by atoms with Crippen LogP contribution in [0.15, 0.2) is 23.3 Å². The summed E-state index contributed by atoms with van der Waals surface area (Å²) in [4.78, 5) is 0. The highest BCUT2D eigenvalue weighted by molar-refractivity contribution is 5.35. The Labute approximate surface area is 107 Å². The van der Waals surface area contributed by atoms with Crippen molar-refractivity contribution in [1.82, 2.24) is 0 Å². The molecule has 0 amide bonds. The van der Waals surface area contributed by atoms with Gasteiger partial charge in [0, 0.05) is 5.92 Å². The molecule has 1 aliphatic heterocycles. The predicted octanol–water partition coefficient (Wildman–Crippen LogP) is 4.60. The highest BCUT2D eigenvalue weighted by atomic mass is 16.5. The molecule has 0 radical (unpaired) electrons. The maximum Gasteiger partial charge on any atom is 0.0685 e. The van der Waals surface area contributed by atoms with Gasteiger partial charge in [0.25, 0.3) is 0 Å². The van der Waals surface area contributed by atoms with Gasteiger partial charge in [-0.3, -0.25) is 0 Å². The Hall–Kier alpha value is -0.560. The van der Waals surface area contributed by atoms with Crippen LogP contribution in [0.4, 0.5) is 0 Å². The molecule has 0 saturated carbocycles. The van der Waals surface area contributed by atoms with Crippen molar-refractivity contribution in [3.8, 4) is 0 Å². The Balaban J connectivity index is 0.000000686. The third-order valence-corrected chi connectivity index (χ3v) is 3.83. The zero-order valence-electron chi connectivity index (χ0n) is 12.1. The van der Waals surface area contributed by atoms with Gasteiger partial charge in [-0.2, -0.15) is 0 Å². The first-order chi connectivity index (χ1) is 8.24. The van der Waals surface area contributed by atoms with Crippen molar-refractivity contribution < 1.29 is 4.74 Å². The Morgan fingerprint density at radius 2 is 2.06 bits per heavy atom. The summed E-state index contributed by atoms with van der Waals surface area (Å²) in [7, 11) is 0. The maximum atomic E-state index is 5.75. The van der Waals surface area contributed by atoms with Gasteiger partial charge in [-0.1, -0.05) is 46.8 Å². The second kappa shape index (κ2) is 7.00.